The lowest BCUT2D eigenvalue weighted by atomic mass is 9.99. The molecule has 0 aliphatic carbocycles. The van der Waals surface area contributed by atoms with Crippen molar-refractivity contribution in [3.63, 3.8) is 0 Å². The fraction of sp³-hybridized carbons (Fsp3) is 0.588. The van der Waals surface area contributed by atoms with Gasteiger partial charge in [-0.25, -0.2) is 0 Å². The fourth-order valence-corrected chi connectivity index (χ4v) is 3.01. The highest BCUT2D eigenvalue weighted by Gasteiger charge is 2.12. The number of hydrogen-bond acceptors (Lipinski definition) is 2. The molecule has 0 saturated carbocycles. The molecule has 2 nitrogen and oxygen atoms in total. The third kappa shape index (κ3) is 5.58. The van der Waals surface area contributed by atoms with Crippen molar-refractivity contribution >= 4 is 17.7 Å². The van der Waals surface area contributed by atoms with E-state index in [-0.39, 0.29) is 5.91 Å². The van der Waals surface area contributed by atoms with E-state index < -0.39 is 0 Å². The molecule has 1 amide bonds. The maximum Gasteiger partial charge on any atom is 0.252 e. The second-order valence-corrected chi connectivity index (χ2v) is 6.36. The lowest BCUT2D eigenvalue weighted by molar-refractivity contribution is 0.0943. The molecule has 0 aliphatic rings. The van der Waals surface area contributed by atoms with Crippen molar-refractivity contribution in [3.8, 4) is 0 Å². The summed E-state index contributed by atoms with van der Waals surface area (Å²) in [5.74, 6) is 1.65. The minimum absolute atomic E-state index is 0.0662. The summed E-state index contributed by atoms with van der Waals surface area (Å²) in [6.07, 6.45) is 4.81. The van der Waals surface area contributed by atoms with Crippen LogP contribution in [0.15, 0.2) is 29.2 Å². The van der Waals surface area contributed by atoms with E-state index in [1.165, 1.54) is 19.3 Å². The molecule has 0 fully saturated rings. The van der Waals surface area contributed by atoms with Crippen LogP contribution in [0, 0.1) is 5.92 Å². The molecule has 1 aromatic carbocycles. The molecule has 0 saturated heterocycles. The predicted octanol–water partition coefficient (Wildman–Crippen LogP) is 4.74. The summed E-state index contributed by atoms with van der Waals surface area (Å²) in [6.45, 7) is 7.31. The van der Waals surface area contributed by atoms with Gasteiger partial charge in [-0.1, -0.05) is 52.2 Å². The highest BCUT2D eigenvalue weighted by Crippen LogP contribution is 2.22. The van der Waals surface area contributed by atoms with Gasteiger partial charge in [-0.3, -0.25) is 4.79 Å². The van der Waals surface area contributed by atoms with Crippen molar-refractivity contribution in [2.75, 3.05) is 12.3 Å². The predicted molar refractivity (Wildman–Crippen MR) is 88.5 cm³/mol. The van der Waals surface area contributed by atoms with Crippen molar-refractivity contribution in [2.24, 2.45) is 5.92 Å². The molecule has 0 unspecified atom stereocenters. The number of carbonyl (C=O) groups is 1. The first-order chi connectivity index (χ1) is 9.72. The second kappa shape index (κ2) is 9.87. The van der Waals surface area contributed by atoms with Crippen LogP contribution in [0.4, 0.5) is 0 Å². The lowest BCUT2D eigenvalue weighted by Crippen LogP contribution is -2.29. The van der Waals surface area contributed by atoms with Crippen molar-refractivity contribution in [1.82, 2.24) is 5.32 Å². The molecule has 1 rings (SSSR count). The first-order valence-electron chi connectivity index (χ1n) is 7.72. The Labute approximate surface area is 127 Å². The van der Waals surface area contributed by atoms with Crippen LogP contribution in [-0.2, 0) is 0 Å². The van der Waals surface area contributed by atoms with Gasteiger partial charge in [0.2, 0.25) is 0 Å². The fourth-order valence-electron chi connectivity index (χ4n) is 2.21. The Balaban J connectivity index is 2.57. The maximum absolute atomic E-state index is 12.3. The standard InChI is InChI=1S/C17H27NOS/c1-4-7-10-14(5-2)13-18-17(19)15-11-8-9-12-16(15)20-6-3/h8-9,11-12,14H,4-7,10,13H2,1-3H3,(H,18,19)/t14-/m0/s1. The summed E-state index contributed by atoms with van der Waals surface area (Å²) < 4.78 is 0. The maximum atomic E-state index is 12.3. The van der Waals surface area contributed by atoms with Crippen LogP contribution in [0.25, 0.3) is 0 Å². The quantitative estimate of drug-likeness (QED) is 0.666. The van der Waals surface area contributed by atoms with E-state index in [4.69, 9.17) is 0 Å². The monoisotopic (exact) mass is 293 g/mol. The molecular weight excluding hydrogens is 266 g/mol. The number of unbranched alkanes of at least 4 members (excludes halogenated alkanes) is 1. The Kier molecular flexibility index (Phi) is 8.43. The molecule has 0 heterocycles. The molecule has 0 spiro atoms. The normalized spacial score (nSPS) is 12.2. The molecule has 0 aliphatic heterocycles. The third-order valence-corrected chi connectivity index (χ3v) is 4.48. The van der Waals surface area contributed by atoms with Crippen LogP contribution in [0.5, 0.6) is 0 Å². The van der Waals surface area contributed by atoms with Crippen LogP contribution in [0.2, 0.25) is 0 Å². The summed E-state index contributed by atoms with van der Waals surface area (Å²) in [5.41, 5.74) is 0.810. The Hall–Kier alpha value is -0.960. The topological polar surface area (TPSA) is 29.1 Å². The summed E-state index contributed by atoms with van der Waals surface area (Å²) in [6, 6.07) is 7.87. The van der Waals surface area contributed by atoms with Crippen molar-refractivity contribution < 1.29 is 4.79 Å². The number of rotatable bonds is 9. The van der Waals surface area contributed by atoms with E-state index in [2.05, 4.69) is 26.1 Å². The molecule has 1 N–H and O–H groups in total. The molecule has 20 heavy (non-hydrogen) atoms. The summed E-state index contributed by atoms with van der Waals surface area (Å²) in [4.78, 5) is 13.4. The number of carbonyl (C=O) groups excluding carboxylic acids is 1. The average molecular weight is 293 g/mol. The Bertz CT molecular complexity index is 406. The Morgan fingerprint density at radius 2 is 2.00 bits per heavy atom. The molecule has 3 heteroatoms. The Morgan fingerprint density at radius 3 is 2.65 bits per heavy atom. The van der Waals surface area contributed by atoms with E-state index in [0.717, 1.165) is 29.2 Å². The van der Waals surface area contributed by atoms with Gasteiger partial charge in [-0.15, -0.1) is 11.8 Å². The highest BCUT2D eigenvalue weighted by atomic mass is 32.2. The molecule has 1 atom stereocenters. The van der Waals surface area contributed by atoms with Gasteiger partial charge in [0, 0.05) is 11.4 Å². The summed E-state index contributed by atoms with van der Waals surface area (Å²) >= 11 is 1.72. The number of nitrogens with one attached hydrogen (secondary N) is 1. The van der Waals surface area contributed by atoms with E-state index in [0.29, 0.717) is 5.92 Å². The number of hydrogen-bond donors (Lipinski definition) is 1. The first-order valence-corrected chi connectivity index (χ1v) is 8.71. The smallest absolute Gasteiger partial charge is 0.252 e. The number of amides is 1. The largest absolute Gasteiger partial charge is 0.352 e. The zero-order valence-corrected chi connectivity index (χ0v) is 13.8. The van der Waals surface area contributed by atoms with Crippen LogP contribution in [0.1, 0.15) is 56.8 Å². The van der Waals surface area contributed by atoms with Gasteiger partial charge in [0.15, 0.2) is 0 Å². The third-order valence-electron chi connectivity index (χ3n) is 3.53. The Morgan fingerprint density at radius 1 is 1.25 bits per heavy atom. The van der Waals surface area contributed by atoms with Gasteiger partial charge in [-0.05, 0) is 30.2 Å². The molecule has 0 radical (unpaired) electrons. The molecule has 0 aromatic heterocycles. The van der Waals surface area contributed by atoms with Gasteiger partial charge >= 0.3 is 0 Å². The van der Waals surface area contributed by atoms with Crippen molar-refractivity contribution in [3.05, 3.63) is 29.8 Å². The van der Waals surface area contributed by atoms with Gasteiger partial charge in [0.1, 0.15) is 0 Å². The number of thioether (sulfide) groups is 1. The minimum Gasteiger partial charge on any atom is -0.352 e. The summed E-state index contributed by atoms with van der Waals surface area (Å²) in [5, 5.41) is 3.11. The van der Waals surface area contributed by atoms with Gasteiger partial charge in [-0.2, -0.15) is 0 Å². The highest BCUT2D eigenvalue weighted by molar-refractivity contribution is 7.99. The van der Waals surface area contributed by atoms with Gasteiger partial charge < -0.3 is 5.32 Å². The second-order valence-electron chi connectivity index (χ2n) is 5.06. The lowest BCUT2D eigenvalue weighted by Gasteiger charge is -2.16. The molecule has 0 bridgehead atoms. The molecule has 1 aromatic rings. The van der Waals surface area contributed by atoms with Crippen molar-refractivity contribution in [2.45, 2.75) is 51.3 Å². The summed E-state index contributed by atoms with van der Waals surface area (Å²) in [7, 11) is 0. The van der Waals surface area contributed by atoms with Crippen LogP contribution < -0.4 is 5.32 Å². The van der Waals surface area contributed by atoms with E-state index in [1.54, 1.807) is 11.8 Å². The zero-order chi connectivity index (χ0) is 14.8. The van der Waals surface area contributed by atoms with Gasteiger partial charge in [0.25, 0.3) is 5.91 Å². The number of benzene rings is 1. The minimum atomic E-state index is 0.0662. The van der Waals surface area contributed by atoms with E-state index in [9.17, 15) is 4.79 Å². The van der Waals surface area contributed by atoms with E-state index in [1.807, 2.05) is 24.3 Å². The average Bonchev–Trinajstić information content (AvgIpc) is 2.48. The SMILES string of the molecule is CCCC[C@H](CC)CNC(=O)c1ccccc1SCC. The van der Waals surface area contributed by atoms with Crippen LogP contribution in [-0.4, -0.2) is 18.2 Å². The molecule has 112 valence electrons. The zero-order valence-electron chi connectivity index (χ0n) is 12.9. The van der Waals surface area contributed by atoms with Crippen LogP contribution >= 0.6 is 11.8 Å². The van der Waals surface area contributed by atoms with Gasteiger partial charge in [0.05, 0.1) is 5.56 Å². The van der Waals surface area contributed by atoms with E-state index >= 15 is 0 Å². The molecular formula is C17H27NOS. The first kappa shape index (κ1) is 17.1. The van der Waals surface area contributed by atoms with Crippen LogP contribution in [0.3, 0.4) is 0 Å². The van der Waals surface area contributed by atoms with Crippen molar-refractivity contribution in [1.29, 1.82) is 0 Å².